The second kappa shape index (κ2) is 38.8. The van der Waals surface area contributed by atoms with Gasteiger partial charge in [0, 0.05) is 62.1 Å². The van der Waals surface area contributed by atoms with Crippen LogP contribution in [0.1, 0.15) is 294 Å². The number of quaternary nitrogens is 1. The number of hydrogen-bond donors (Lipinski definition) is 1. The first-order chi connectivity index (χ1) is 43.8. The van der Waals surface area contributed by atoms with Crippen molar-refractivity contribution in [1.82, 2.24) is 35.1 Å². The van der Waals surface area contributed by atoms with E-state index in [2.05, 4.69) is 249 Å². The molecular formula is C84H153N8O4S+. The lowest BCUT2D eigenvalue weighted by Crippen LogP contribution is -2.48. The fourth-order valence-electron chi connectivity index (χ4n) is 11.8. The summed E-state index contributed by atoms with van der Waals surface area (Å²) in [5.74, 6) is 3.44. The number of fused-ring (bicyclic) bond motifs is 1. The van der Waals surface area contributed by atoms with Gasteiger partial charge in [-0.3, -0.25) is 9.78 Å². The van der Waals surface area contributed by atoms with Crippen LogP contribution in [-0.4, -0.2) is 131 Å². The lowest BCUT2D eigenvalue weighted by atomic mass is 9.75. The Hall–Kier alpha value is -4.04. The number of likely N-dealkylation sites (tertiary alicyclic amines) is 3. The van der Waals surface area contributed by atoms with Gasteiger partial charge in [0.15, 0.2) is 0 Å². The zero-order chi connectivity index (χ0) is 75.0. The van der Waals surface area contributed by atoms with Crippen molar-refractivity contribution in [3.05, 3.63) is 83.1 Å². The van der Waals surface area contributed by atoms with Gasteiger partial charge in [0.1, 0.15) is 17.5 Å². The van der Waals surface area contributed by atoms with Gasteiger partial charge in [-0.1, -0.05) is 178 Å². The molecule has 7 heterocycles. The third kappa shape index (κ3) is 40.9. The number of thiazole rings is 1. The number of esters is 1. The first kappa shape index (κ1) is 91.0. The smallest absolute Gasteiger partial charge is 0.410 e. The number of amides is 1. The maximum atomic E-state index is 11.9. The van der Waals surface area contributed by atoms with Crippen LogP contribution >= 0.6 is 11.3 Å². The number of hydrogen-bond acceptors (Lipinski definition) is 11. The molecule has 558 valence electrons. The van der Waals surface area contributed by atoms with E-state index in [0.717, 1.165) is 66.3 Å². The van der Waals surface area contributed by atoms with E-state index in [4.69, 9.17) is 9.47 Å². The van der Waals surface area contributed by atoms with Gasteiger partial charge in [0.2, 0.25) is 0 Å². The Morgan fingerprint density at radius 1 is 0.546 bits per heavy atom. The molecule has 97 heavy (non-hydrogen) atoms. The number of rotatable bonds is 2. The van der Waals surface area contributed by atoms with E-state index >= 15 is 0 Å². The maximum absolute atomic E-state index is 11.9. The summed E-state index contributed by atoms with van der Waals surface area (Å²) in [5, 5.41) is 4.53. The van der Waals surface area contributed by atoms with Crippen molar-refractivity contribution in [3.63, 3.8) is 0 Å². The Balaban J connectivity index is 0.000000558. The molecular weight excluding hydrogens is 1220 g/mol. The Morgan fingerprint density at radius 2 is 0.979 bits per heavy atom. The molecule has 0 atom stereocenters. The summed E-state index contributed by atoms with van der Waals surface area (Å²) >= 11 is 1.76. The van der Waals surface area contributed by atoms with Gasteiger partial charge in [-0.2, -0.15) is 0 Å². The first-order valence-electron chi connectivity index (χ1n) is 37.2. The van der Waals surface area contributed by atoms with Crippen LogP contribution < -0.4 is 5.32 Å². The number of aryl methyl sites for hydroxylation is 1. The molecule has 8 rings (SSSR count). The zero-order valence-corrected chi connectivity index (χ0v) is 70.3. The van der Waals surface area contributed by atoms with Crippen LogP contribution in [-0.2, 0) is 30.5 Å². The van der Waals surface area contributed by atoms with Crippen LogP contribution in [0.4, 0.5) is 4.79 Å². The monoisotopic (exact) mass is 1370 g/mol. The first-order valence-corrected chi connectivity index (χ1v) is 38.1. The summed E-state index contributed by atoms with van der Waals surface area (Å²) < 4.78 is 13.1. The highest BCUT2D eigenvalue weighted by atomic mass is 32.1. The Bertz CT molecular complexity index is 2730. The van der Waals surface area contributed by atoms with Gasteiger partial charge in [0.05, 0.1) is 42.4 Å². The Kier molecular flexibility index (Phi) is 36.4. The van der Waals surface area contributed by atoms with E-state index in [1.165, 1.54) is 98.1 Å². The normalized spacial score (nSPS) is 17.5. The lowest BCUT2D eigenvalue weighted by Gasteiger charge is -2.41. The largest absolute Gasteiger partial charge is 0.460 e. The molecule has 0 radical (unpaired) electrons. The van der Waals surface area contributed by atoms with Gasteiger partial charge >= 0.3 is 12.1 Å². The van der Waals surface area contributed by atoms with Crippen molar-refractivity contribution in [2.45, 2.75) is 306 Å². The minimum atomic E-state index is -0.391. The Morgan fingerprint density at radius 3 is 1.34 bits per heavy atom. The molecule has 3 aromatic heterocycles. The van der Waals surface area contributed by atoms with Crippen LogP contribution in [0.2, 0.25) is 0 Å². The number of benzene rings is 1. The molecule has 0 unspecified atom stereocenters. The molecule has 12 nitrogen and oxygen atoms in total. The summed E-state index contributed by atoms with van der Waals surface area (Å²) in [7, 11) is 6.91. The maximum Gasteiger partial charge on any atom is 0.410 e. The highest BCUT2D eigenvalue weighted by Crippen LogP contribution is 2.38. The van der Waals surface area contributed by atoms with Crippen molar-refractivity contribution < 1.29 is 23.5 Å². The third-order valence-corrected chi connectivity index (χ3v) is 19.9. The lowest BCUT2D eigenvalue weighted by molar-refractivity contribution is -0.896. The molecule has 0 aliphatic carbocycles. The highest BCUT2D eigenvalue weighted by Gasteiger charge is 2.35. The molecule has 0 saturated carbocycles. The topological polar surface area (TPSA) is 123 Å². The fraction of sp³-hybridized carbons (Fsp3) is 0.786. The molecule has 0 spiro atoms. The van der Waals surface area contributed by atoms with E-state index in [1.54, 1.807) is 17.7 Å². The predicted molar refractivity (Wildman–Crippen MR) is 420 cm³/mol. The van der Waals surface area contributed by atoms with Crippen molar-refractivity contribution in [3.8, 4) is 0 Å². The number of nitrogens with zero attached hydrogens (tertiary/aromatic N) is 7. The summed E-state index contributed by atoms with van der Waals surface area (Å²) in [6, 6.07) is 12.6. The van der Waals surface area contributed by atoms with E-state index in [0.29, 0.717) is 34.0 Å². The minimum Gasteiger partial charge on any atom is -0.460 e. The number of ether oxygens (including phenoxy) is 2. The molecule has 1 N–H and O–H groups in total. The second-order valence-corrected chi connectivity index (χ2v) is 40.9. The average molecular weight is 1370 g/mol. The molecule has 13 heteroatoms. The quantitative estimate of drug-likeness (QED) is 0.153. The van der Waals surface area contributed by atoms with Crippen LogP contribution in [0.25, 0.3) is 10.2 Å². The fourth-order valence-corrected chi connectivity index (χ4v) is 12.6. The van der Waals surface area contributed by atoms with Crippen molar-refractivity contribution in [1.29, 1.82) is 0 Å². The van der Waals surface area contributed by atoms with Gasteiger partial charge in [-0.25, -0.2) is 19.7 Å². The molecule has 4 aliphatic heterocycles. The molecule has 4 aliphatic rings. The van der Waals surface area contributed by atoms with Crippen LogP contribution in [0.5, 0.6) is 0 Å². The highest BCUT2D eigenvalue weighted by molar-refractivity contribution is 7.18. The minimum absolute atomic E-state index is 0.0950. The summed E-state index contributed by atoms with van der Waals surface area (Å²) in [6.45, 7) is 77.0. The predicted octanol–water partition coefficient (Wildman–Crippen LogP) is 21.8. The Labute approximate surface area is 602 Å². The van der Waals surface area contributed by atoms with Crippen molar-refractivity contribution >= 4 is 33.6 Å². The number of aromatic nitrogens is 4. The van der Waals surface area contributed by atoms with E-state index in [1.807, 2.05) is 77.2 Å². The molecule has 4 fully saturated rings. The summed E-state index contributed by atoms with van der Waals surface area (Å²) in [6.07, 6.45) is 18.8. The van der Waals surface area contributed by atoms with Gasteiger partial charge < -0.3 is 29.1 Å². The summed E-state index contributed by atoms with van der Waals surface area (Å²) in [4.78, 5) is 44.1. The van der Waals surface area contributed by atoms with Crippen LogP contribution in [0, 0.1) is 57.7 Å². The van der Waals surface area contributed by atoms with E-state index < -0.39 is 5.60 Å². The molecule has 1 aromatic carbocycles. The van der Waals surface area contributed by atoms with Gasteiger partial charge in [-0.05, 0) is 224 Å². The van der Waals surface area contributed by atoms with Gasteiger partial charge in [-0.15, -0.1) is 11.3 Å². The molecule has 4 aromatic rings. The second-order valence-electron chi connectivity index (χ2n) is 39.6. The molecule has 1 amide bonds. The van der Waals surface area contributed by atoms with E-state index in [9.17, 15) is 9.59 Å². The number of nitrogens with one attached hydrogen (secondary N) is 1. The van der Waals surface area contributed by atoms with Crippen LogP contribution in [0.3, 0.4) is 0 Å². The van der Waals surface area contributed by atoms with Crippen molar-refractivity contribution in [2.24, 2.45) is 50.7 Å². The summed E-state index contributed by atoms with van der Waals surface area (Å²) in [5.41, 5.74) is 6.78. The number of piperidine rings is 4. The molecule has 0 bridgehead atoms. The molecule has 4 saturated heterocycles. The SMILES string of the molecule is CC(C)(C)C1CCNCC1.CC(C)(C)C1CC[N+](C)(C)CC1.CC(C)(C)CCC(=O)OC(C)(C)C.CC(C)(C)OC(=O)N1CCC(C(C)(C)C)CC1.CC(C)(C)c1ccccn1.CC(C)(C)c1cncnc1.CN1CCC(C(C)(C)C)CC1.Cc1nc2cc(C(C)(C)C)ccc2s1. The number of carbonyl (C=O) groups excluding carboxylic acids is 2. The zero-order valence-electron chi connectivity index (χ0n) is 69.5. The third-order valence-electron chi connectivity index (χ3n) is 19.0. The van der Waals surface area contributed by atoms with Crippen LogP contribution in [0.15, 0.2) is 61.3 Å². The number of carbonyl (C=O) groups is 2. The van der Waals surface area contributed by atoms with E-state index in [-0.39, 0.29) is 39.3 Å². The van der Waals surface area contributed by atoms with Gasteiger partial charge in [0.25, 0.3) is 0 Å². The average Bonchev–Trinajstić information content (AvgIpc) is 1.76. The van der Waals surface area contributed by atoms with Crippen molar-refractivity contribution in [2.75, 3.05) is 73.5 Å². The standard InChI is InChI=1S/C14H27NO2.C12H15NS.C11H24N.C11H22O2.C10H21N.C9H19N.C9H13N.C8H12N2/c1-13(2,3)11-7-9-15(10-8-11)12(16)17-14(4,5)6;1-8-13-10-7-9(12(2,3)4)5-6-11(10)14-8;1-11(2,3)10-6-8-12(4,5)9-7-10;1-10(2,3)8-7-9(12)13-11(4,5)6;1-10(2,3)9-5-7-11(4)8-6-9;1-9(2,3)8-4-6-10-7-5-8;1-9(2,3)8-6-4-5-7-10-8;1-8(2,3)7-4-9-6-10-5-7/h11H,7-10H2,1-6H3;5-7H,1-4H3;10H,6-9H2,1-5H3;7-8H2,1-6H3;9H,5-8H2,1-4H3;8,10H,4-7H2,1-3H3;4-7H,1-3H3;4-6H,1-3H3/q;;+1;;;;;. The number of pyridine rings is 1.